The molecule has 1 N–H and O–H groups in total. The van der Waals surface area contributed by atoms with E-state index in [0.717, 1.165) is 0 Å². The summed E-state index contributed by atoms with van der Waals surface area (Å²) < 4.78 is 0. The average molecular weight is 209 g/mol. The van der Waals surface area contributed by atoms with Crippen molar-refractivity contribution < 1.29 is 19.5 Å². The minimum Gasteiger partial charge on any atom is -0.481 e. The van der Waals surface area contributed by atoms with Gasteiger partial charge < -0.3 is 5.11 Å². The SMILES string of the molecule is O=C(O)C1CC(N2C(=O)C3CC3C2=O)C1. The summed E-state index contributed by atoms with van der Waals surface area (Å²) in [6, 6.07) is -0.140. The third-order valence-corrected chi connectivity index (χ3v) is 3.73. The Morgan fingerprint density at radius 2 is 1.67 bits per heavy atom. The lowest BCUT2D eigenvalue weighted by atomic mass is 9.79. The van der Waals surface area contributed by atoms with E-state index in [9.17, 15) is 14.4 Å². The highest BCUT2D eigenvalue weighted by Gasteiger charge is 2.61. The second-order valence-electron chi connectivity index (χ2n) is 4.66. The van der Waals surface area contributed by atoms with Crippen LogP contribution in [-0.2, 0) is 14.4 Å². The molecule has 5 nitrogen and oxygen atoms in total. The van der Waals surface area contributed by atoms with Gasteiger partial charge in [-0.05, 0) is 19.3 Å². The van der Waals surface area contributed by atoms with Crippen molar-refractivity contribution in [3.8, 4) is 0 Å². The number of nitrogens with zero attached hydrogens (tertiary/aromatic N) is 1. The molecule has 0 aromatic rings. The highest BCUT2D eigenvalue weighted by atomic mass is 16.4. The van der Waals surface area contributed by atoms with E-state index < -0.39 is 5.97 Å². The summed E-state index contributed by atoms with van der Waals surface area (Å²) in [5, 5.41) is 8.70. The number of hydrogen-bond acceptors (Lipinski definition) is 3. The number of aliphatic carboxylic acids is 1. The van der Waals surface area contributed by atoms with E-state index in [4.69, 9.17) is 5.11 Å². The monoisotopic (exact) mass is 209 g/mol. The largest absolute Gasteiger partial charge is 0.481 e. The zero-order valence-corrected chi connectivity index (χ0v) is 8.05. The topological polar surface area (TPSA) is 74.7 Å². The summed E-state index contributed by atoms with van der Waals surface area (Å²) in [5.41, 5.74) is 0. The molecule has 1 heterocycles. The summed E-state index contributed by atoms with van der Waals surface area (Å²) in [4.78, 5) is 35.2. The van der Waals surface area contributed by atoms with Gasteiger partial charge in [0.25, 0.3) is 0 Å². The number of carboxylic acid groups (broad SMARTS) is 1. The first kappa shape index (κ1) is 8.88. The number of piperidine rings is 1. The van der Waals surface area contributed by atoms with Crippen molar-refractivity contribution >= 4 is 17.8 Å². The van der Waals surface area contributed by atoms with E-state index in [0.29, 0.717) is 19.3 Å². The third-order valence-electron chi connectivity index (χ3n) is 3.73. The normalized spacial score (nSPS) is 42.5. The van der Waals surface area contributed by atoms with Crippen LogP contribution in [-0.4, -0.2) is 33.8 Å². The average Bonchev–Trinajstić information content (AvgIpc) is 2.81. The van der Waals surface area contributed by atoms with Crippen molar-refractivity contribution in [3.63, 3.8) is 0 Å². The maximum absolute atomic E-state index is 11.6. The molecule has 1 aliphatic heterocycles. The van der Waals surface area contributed by atoms with Gasteiger partial charge in [-0.2, -0.15) is 0 Å². The van der Waals surface area contributed by atoms with Gasteiger partial charge in [0, 0.05) is 6.04 Å². The molecule has 2 aliphatic carbocycles. The van der Waals surface area contributed by atoms with Crippen LogP contribution in [0.3, 0.4) is 0 Å². The van der Waals surface area contributed by atoms with Crippen molar-refractivity contribution in [2.45, 2.75) is 25.3 Å². The quantitative estimate of drug-likeness (QED) is 0.642. The Bertz CT molecular complexity index is 352. The minimum absolute atomic E-state index is 0.0682. The number of carbonyl (C=O) groups is 3. The van der Waals surface area contributed by atoms with Gasteiger partial charge in [0.2, 0.25) is 11.8 Å². The molecule has 0 radical (unpaired) electrons. The van der Waals surface area contributed by atoms with Gasteiger partial charge in [0.05, 0.1) is 17.8 Å². The number of carboxylic acids is 1. The van der Waals surface area contributed by atoms with E-state index in [2.05, 4.69) is 0 Å². The molecule has 0 bridgehead atoms. The number of rotatable bonds is 2. The molecule has 5 heteroatoms. The summed E-state index contributed by atoms with van der Waals surface area (Å²) in [7, 11) is 0. The van der Waals surface area contributed by atoms with E-state index in [1.165, 1.54) is 4.90 Å². The fourth-order valence-corrected chi connectivity index (χ4v) is 2.57. The smallest absolute Gasteiger partial charge is 0.306 e. The predicted octanol–water partition coefficient (Wildman–Crippen LogP) is -0.145. The second-order valence-corrected chi connectivity index (χ2v) is 4.66. The molecule has 2 saturated carbocycles. The van der Waals surface area contributed by atoms with Gasteiger partial charge in [-0.1, -0.05) is 0 Å². The summed E-state index contributed by atoms with van der Waals surface area (Å²) in [6.07, 6.45) is 1.59. The fraction of sp³-hybridized carbons (Fsp3) is 0.700. The van der Waals surface area contributed by atoms with Crippen molar-refractivity contribution in [1.29, 1.82) is 0 Å². The van der Waals surface area contributed by atoms with Crippen LogP contribution >= 0.6 is 0 Å². The molecule has 3 rings (SSSR count). The van der Waals surface area contributed by atoms with E-state index in [1.54, 1.807) is 0 Å². The molecule has 3 fully saturated rings. The predicted molar refractivity (Wildman–Crippen MR) is 47.6 cm³/mol. The maximum Gasteiger partial charge on any atom is 0.306 e. The first-order valence-electron chi connectivity index (χ1n) is 5.19. The van der Waals surface area contributed by atoms with Crippen LogP contribution in [0.15, 0.2) is 0 Å². The van der Waals surface area contributed by atoms with Crippen molar-refractivity contribution in [3.05, 3.63) is 0 Å². The lowest BCUT2D eigenvalue weighted by Crippen LogP contribution is -2.50. The molecule has 2 unspecified atom stereocenters. The zero-order valence-electron chi connectivity index (χ0n) is 8.05. The van der Waals surface area contributed by atoms with Gasteiger partial charge in [-0.3, -0.25) is 19.3 Å². The molecule has 1 saturated heterocycles. The Labute approximate surface area is 86.0 Å². The first-order valence-corrected chi connectivity index (χ1v) is 5.19. The molecule has 0 aromatic heterocycles. The number of hydrogen-bond donors (Lipinski definition) is 1. The van der Waals surface area contributed by atoms with E-state index in [1.807, 2.05) is 0 Å². The Hall–Kier alpha value is -1.39. The standard InChI is InChI=1S/C10H11NO4/c12-8-6-3-7(6)9(13)11(8)5-1-4(2-5)10(14)15/h4-7H,1-3H2,(H,14,15). The van der Waals surface area contributed by atoms with Crippen LogP contribution in [0.1, 0.15) is 19.3 Å². The zero-order chi connectivity index (χ0) is 10.7. The van der Waals surface area contributed by atoms with Crippen molar-refractivity contribution in [1.82, 2.24) is 4.90 Å². The third kappa shape index (κ3) is 1.06. The second kappa shape index (κ2) is 2.59. The van der Waals surface area contributed by atoms with Gasteiger partial charge >= 0.3 is 5.97 Å². The highest BCUT2D eigenvalue weighted by molar-refractivity contribution is 6.09. The number of fused-ring (bicyclic) bond motifs is 1. The van der Waals surface area contributed by atoms with E-state index in [-0.39, 0.29) is 35.6 Å². The molecule has 0 spiro atoms. The molecular formula is C10H11NO4. The van der Waals surface area contributed by atoms with Crippen LogP contribution in [0.4, 0.5) is 0 Å². The number of imide groups is 1. The van der Waals surface area contributed by atoms with Gasteiger partial charge in [-0.15, -0.1) is 0 Å². The Kier molecular flexibility index (Phi) is 1.53. The minimum atomic E-state index is -0.824. The Morgan fingerprint density at radius 1 is 1.13 bits per heavy atom. The van der Waals surface area contributed by atoms with Crippen molar-refractivity contribution in [2.75, 3.05) is 0 Å². The van der Waals surface area contributed by atoms with Crippen LogP contribution in [0.2, 0.25) is 0 Å². The molecule has 15 heavy (non-hydrogen) atoms. The van der Waals surface area contributed by atoms with Gasteiger partial charge in [0.15, 0.2) is 0 Å². The fourth-order valence-electron chi connectivity index (χ4n) is 2.57. The van der Waals surface area contributed by atoms with Crippen molar-refractivity contribution in [2.24, 2.45) is 17.8 Å². The number of amides is 2. The molecule has 3 aliphatic rings. The number of likely N-dealkylation sites (tertiary alicyclic amines) is 1. The molecule has 2 atom stereocenters. The maximum atomic E-state index is 11.6. The molecule has 0 aromatic carbocycles. The first-order chi connectivity index (χ1) is 7.09. The summed E-state index contributed by atoms with van der Waals surface area (Å²) in [6.45, 7) is 0. The van der Waals surface area contributed by atoms with Crippen LogP contribution in [0, 0.1) is 17.8 Å². The van der Waals surface area contributed by atoms with Crippen LogP contribution in [0.5, 0.6) is 0 Å². The molecule has 2 amide bonds. The highest BCUT2D eigenvalue weighted by Crippen LogP contribution is 2.50. The summed E-state index contributed by atoms with van der Waals surface area (Å²) in [5.74, 6) is -1.47. The van der Waals surface area contributed by atoms with Crippen LogP contribution in [0.25, 0.3) is 0 Å². The Balaban J connectivity index is 1.68. The molecular weight excluding hydrogens is 198 g/mol. The number of carbonyl (C=O) groups excluding carboxylic acids is 2. The Morgan fingerprint density at radius 3 is 2.13 bits per heavy atom. The lowest BCUT2D eigenvalue weighted by molar-refractivity contribution is -0.155. The van der Waals surface area contributed by atoms with Gasteiger partial charge in [0.1, 0.15) is 0 Å². The van der Waals surface area contributed by atoms with E-state index >= 15 is 0 Å². The van der Waals surface area contributed by atoms with Gasteiger partial charge in [-0.25, -0.2) is 0 Å². The van der Waals surface area contributed by atoms with Crippen LogP contribution < -0.4 is 0 Å². The molecule has 80 valence electrons. The lowest BCUT2D eigenvalue weighted by Gasteiger charge is -2.38. The summed E-state index contributed by atoms with van der Waals surface area (Å²) >= 11 is 0.